The highest BCUT2D eigenvalue weighted by atomic mass is 15.1. The molecule has 0 spiro atoms. The van der Waals surface area contributed by atoms with Crippen molar-refractivity contribution in [2.75, 3.05) is 0 Å². The second-order valence-corrected chi connectivity index (χ2v) is 5.36. The molecule has 92 valence electrons. The lowest BCUT2D eigenvalue weighted by atomic mass is 9.95. The highest BCUT2D eigenvalue weighted by Gasteiger charge is 2.27. The van der Waals surface area contributed by atoms with E-state index >= 15 is 0 Å². The molecule has 1 N–H and O–H groups in total. The molecule has 1 aliphatic carbocycles. The van der Waals surface area contributed by atoms with Gasteiger partial charge in [-0.15, -0.1) is 0 Å². The van der Waals surface area contributed by atoms with E-state index in [0.29, 0.717) is 5.92 Å². The van der Waals surface area contributed by atoms with Gasteiger partial charge < -0.3 is 4.98 Å². The number of aromatic nitrogens is 4. The maximum Gasteiger partial charge on any atom is 0.156 e. The molecule has 1 saturated carbocycles. The van der Waals surface area contributed by atoms with Gasteiger partial charge in [-0.25, -0.2) is 9.97 Å². The van der Waals surface area contributed by atoms with Crippen LogP contribution in [0.2, 0.25) is 0 Å². The Bertz CT molecular complexity index is 709. The molecule has 0 aromatic carbocycles. The first kappa shape index (κ1) is 10.1. The number of nitrogens with zero attached hydrogens (tertiary/aromatic N) is 3. The Morgan fingerprint density at radius 3 is 3.06 bits per heavy atom. The molecule has 3 heterocycles. The summed E-state index contributed by atoms with van der Waals surface area (Å²) in [5.74, 6) is 1.40. The van der Waals surface area contributed by atoms with Crippen LogP contribution in [0.5, 0.6) is 0 Å². The minimum Gasteiger partial charge on any atom is -0.345 e. The number of hydrogen-bond acceptors (Lipinski definition) is 2. The lowest BCUT2D eigenvalue weighted by Crippen LogP contribution is -2.06. The van der Waals surface area contributed by atoms with Gasteiger partial charge in [0.15, 0.2) is 11.3 Å². The standard InChI is InChI=1S/C14H16N4/c1-9-3-2-4-10(9)12-7-16-13-8-17-14-11(18(12)13)5-6-15-14/h5-10,15H,2-4H2,1H3/t9-,10-/m1/s1. The van der Waals surface area contributed by atoms with Crippen LogP contribution in [0.4, 0.5) is 0 Å². The van der Waals surface area contributed by atoms with E-state index in [9.17, 15) is 0 Å². The van der Waals surface area contributed by atoms with Gasteiger partial charge in [0.2, 0.25) is 0 Å². The topological polar surface area (TPSA) is 46.0 Å². The molecule has 2 atom stereocenters. The third kappa shape index (κ3) is 1.26. The zero-order valence-corrected chi connectivity index (χ0v) is 10.4. The average Bonchev–Trinajstić information content (AvgIpc) is 3.04. The summed E-state index contributed by atoms with van der Waals surface area (Å²) in [7, 11) is 0. The van der Waals surface area contributed by atoms with Crippen molar-refractivity contribution in [1.29, 1.82) is 0 Å². The van der Waals surface area contributed by atoms with E-state index in [2.05, 4.69) is 32.3 Å². The van der Waals surface area contributed by atoms with Gasteiger partial charge in [-0.3, -0.25) is 4.40 Å². The Hall–Kier alpha value is -1.84. The van der Waals surface area contributed by atoms with Gasteiger partial charge in [0.1, 0.15) is 0 Å². The summed E-state index contributed by atoms with van der Waals surface area (Å²) in [5.41, 5.74) is 4.38. The zero-order chi connectivity index (χ0) is 12.1. The number of H-pyrrole nitrogens is 1. The maximum atomic E-state index is 4.51. The van der Waals surface area contributed by atoms with Gasteiger partial charge >= 0.3 is 0 Å². The fraction of sp³-hybridized carbons (Fsp3) is 0.429. The first-order chi connectivity index (χ1) is 8.84. The number of fused-ring (bicyclic) bond motifs is 3. The van der Waals surface area contributed by atoms with Gasteiger partial charge in [0.25, 0.3) is 0 Å². The Morgan fingerprint density at radius 1 is 1.28 bits per heavy atom. The summed E-state index contributed by atoms with van der Waals surface area (Å²) >= 11 is 0. The minimum absolute atomic E-state index is 0.639. The molecule has 0 aliphatic heterocycles. The molecular weight excluding hydrogens is 224 g/mol. The molecular formula is C14H16N4. The fourth-order valence-electron chi connectivity index (χ4n) is 3.34. The molecule has 0 amide bonds. The van der Waals surface area contributed by atoms with Crippen molar-refractivity contribution >= 4 is 16.8 Å². The molecule has 0 saturated heterocycles. The molecule has 18 heavy (non-hydrogen) atoms. The summed E-state index contributed by atoms with van der Waals surface area (Å²) in [6.07, 6.45) is 9.78. The highest BCUT2D eigenvalue weighted by molar-refractivity contribution is 5.74. The Labute approximate surface area is 105 Å². The van der Waals surface area contributed by atoms with E-state index in [1.54, 1.807) is 0 Å². The maximum absolute atomic E-state index is 4.51. The van der Waals surface area contributed by atoms with Crippen molar-refractivity contribution < 1.29 is 0 Å². The van der Waals surface area contributed by atoms with Gasteiger partial charge in [-0.1, -0.05) is 19.8 Å². The van der Waals surface area contributed by atoms with Crippen LogP contribution in [-0.4, -0.2) is 19.4 Å². The van der Waals surface area contributed by atoms with E-state index in [-0.39, 0.29) is 0 Å². The predicted molar refractivity (Wildman–Crippen MR) is 70.6 cm³/mol. The van der Waals surface area contributed by atoms with Gasteiger partial charge in [0.05, 0.1) is 11.7 Å². The average molecular weight is 240 g/mol. The van der Waals surface area contributed by atoms with Crippen molar-refractivity contribution in [2.45, 2.75) is 32.1 Å². The summed E-state index contributed by atoms with van der Waals surface area (Å²) in [6.45, 7) is 2.35. The number of hydrogen-bond donors (Lipinski definition) is 1. The predicted octanol–water partition coefficient (Wildman–Crippen LogP) is 3.11. The number of imidazole rings is 1. The van der Waals surface area contributed by atoms with Crippen LogP contribution >= 0.6 is 0 Å². The van der Waals surface area contributed by atoms with E-state index in [0.717, 1.165) is 22.7 Å². The van der Waals surface area contributed by atoms with E-state index in [4.69, 9.17) is 0 Å². The normalized spacial score (nSPS) is 24.3. The zero-order valence-electron chi connectivity index (χ0n) is 10.4. The lowest BCUT2D eigenvalue weighted by molar-refractivity contribution is 0.521. The van der Waals surface area contributed by atoms with Crippen LogP contribution in [0.3, 0.4) is 0 Å². The van der Waals surface area contributed by atoms with Crippen molar-refractivity contribution in [3.05, 3.63) is 30.4 Å². The van der Waals surface area contributed by atoms with Gasteiger partial charge in [-0.2, -0.15) is 0 Å². The summed E-state index contributed by atoms with van der Waals surface area (Å²) in [6, 6.07) is 2.08. The SMILES string of the molecule is C[C@@H]1CCC[C@H]1c1cnc2cnc3[nH]ccc3n12. The fourth-order valence-corrected chi connectivity index (χ4v) is 3.34. The van der Waals surface area contributed by atoms with Crippen LogP contribution in [0.15, 0.2) is 24.7 Å². The second-order valence-electron chi connectivity index (χ2n) is 5.36. The molecule has 1 aliphatic rings. The van der Waals surface area contributed by atoms with E-state index < -0.39 is 0 Å². The van der Waals surface area contributed by atoms with Crippen LogP contribution in [0.25, 0.3) is 16.8 Å². The van der Waals surface area contributed by atoms with Gasteiger partial charge in [-0.05, 0) is 18.4 Å². The van der Waals surface area contributed by atoms with Crippen molar-refractivity contribution in [3.8, 4) is 0 Å². The molecule has 1 fully saturated rings. The molecule has 4 rings (SSSR count). The van der Waals surface area contributed by atoms with Crippen LogP contribution in [0.1, 0.15) is 37.8 Å². The molecule has 4 heteroatoms. The molecule has 0 radical (unpaired) electrons. The molecule has 3 aromatic rings. The van der Waals surface area contributed by atoms with Crippen LogP contribution in [0, 0.1) is 5.92 Å². The third-order valence-corrected chi connectivity index (χ3v) is 4.31. The Balaban J connectivity index is 2.02. The van der Waals surface area contributed by atoms with Crippen LogP contribution in [-0.2, 0) is 0 Å². The van der Waals surface area contributed by atoms with E-state index in [1.807, 2.05) is 18.6 Å². The molecule has 3 aromatic heterocycles. The number of rotatable bonds is 1. The summed E-state index contributed by atoms with van der Waals surface area (Å²) in [5, 5.41) is 0. The molecule has 0 unspecified atom stereocenters. The Kier molecular flexibility index (Phi) is 2.01. The quantitative estimate of drug-likeness (QED) is 0.710. The first-order valence-corrected chi connectivity index (χ1v) is 6.64. The smallest absolute Gasteiger partial charge is 0.156 e. The largest absolute Gasteiger partial charge is 0.345 e. The number of nitrogens with one attached hydrogen (secondary N) is 1. The van der Waals surface area contributed by atoms with Crippen LogP contribution < -0.4 is 0 Å². The minimum atomic E-state index is 0.639. The summed E-state index contributed by atoms with van der Waals surface area (Å²) < 4.78 is 2.27. The first-order valence-electron chi connectivity index (χ1n) is 6.64. The third-order valence-electron chi connectivity index (χ3n) is 4.31. The second kappa shape index (κ2) is 3.57. The van der Waals surface area contributed by atoms with E-state index in [1.165, 1.54) is 25.0 Å². The van der Waals surface area contributed by atoms with Gasteiger partial charge in [0, 0.05) is 24.0 Å². The number of aromatic amines is 1. The summed E-state index contributed by atoms with van der Waals surface area (Å²) in [4.78, 5) is 12.1. The Morgan fingerprint density at radius 2 is 2.22 bits per heavy atom. The highest BCUT2D eigenvalue weighted by Crippen LogP contribution is 2.39. The van der Waals surface area contributed by atoms with Crippen molar-refractivity contribution in [2.24, 2.45) is 5.92 Å². The van der Waals surface area contributed by atoms with Crippen molar-refractivity contribution in [3.63, 3.8) is 0 Å². The van der Waals surface area contributed by atoms with Crippen molar-refractivity contribution in [1.82, 2.24) is 19.4 Å². The molecule has 0 bridgehead atoms. The lowest BCUT2D eigenvalue weighted by Gasteiger charge is -2.15. The molecule has 4 nitrogen and oxygen atoms in total. The monoisotopic (exact) mass is 240 g/mol.